The Morgan fingerprint density at radius 2 is 1.37 bits per heavy atom. The van der Waals surface area contributed by atoms with Gasteiger partial charge in [-0.15, -0.1) is 0 Å². The second kappa shape index (κ2) is 9.67. The van der Waals surface area contributed by atoms with Crippen molar-refractivity contribution in [3.05, 3.63) is 119 Å². The van der Waals surface area contributed by atoms with Gasteiger partial charge in [0.1, 0.15) is 7.05 Å². The van der Waals surface area contributed by atoms with Crippen LogP contribution in [0.5, 0.6) is 0 Å². The summed E-state index contributed by atoms with van der Waals surface area (Å²) in [5.74, 6) is 0. The van der Waals surface area contributed by atoms with Crippen molar-refractivity contribution in [1.29, 1.82) is 0 Å². The summed E-state index contributed by atoms with van der Waals surface area (Å²) < 4.78 is 2.28. The van der Waals surface area contributed by atoms with Crippen LogP contribution in [0.2, 0.25) is 13.1 Å². The highest BCUT2D eigenvalue weighted by molar-refractivity contribution is 6.92. The molecule has 0 radical (unpaired) electrons. The molecule has 0 aliphatic carbocycles. The zero-order valence-corrected chi connectivity index (χ0v) is 25.2. The molecule has 192 valence electrons. The maximum atomic E-state index is 2.52. The fourth-order valence-corrected chi connectivity index (χ4v) is 8.65. The van der Waals surface area contributed by atoms with E-state index >= 15 is 0 Å². The Balaban J connectivity index is 1.61. The van der Waals surface area contributed by atoms with Crippen LogP contribution in [-0.2, 0) is 12.1 Å². The van der Waals surface area contributed by atoms with E-state index in [4.69, 9.17) is 0 Å². The van der Waals surface area contributed by atoms with E-state index in [-0.39, 0.29) is 5.04 Å². The fraction of sp³-hybridized carbons (Fsp3) is 0.250. The molecule has 4 aromatic carbocycles. The van der Waals surface area contributed by atoms with Crippen molar-refractivity contribution in [3.8, 4) is 22.4 Å². The standard InChI is InChI=1S/C36H40NSi/c1-25-13-12-14-26(2)34(25)29-17-19-32(27(3)23-29)35-33-20-18-31(24-28(33)21-22-37(35)6)38(7,8)36(4,5)30-15-10-9-11-16-30/h9-24H,1-8H3/q+1. The van der Waals surface area contributed by atoms with Crippen LogP contribution in [0.25, 0.3) is 33.2 Å². The number of nitrogens with zero attached hydrogens (tertiary/aromatic N) is 1. The Hall–Kier alpha value is -3.49. The lowest BCUT2D eigenvalue weighted by Gasteiger charge is -2.41. The van der Waals surface area contributed by atoms with Crippen LogP contribution in [0.4, 0.5) is 0 Å². The SMILES string of the molecule is Cc1cc(-c2c(C)cccc2C)ccc1-c1c2ccc([Si](C)(C)C(C)(C)c3ccccc3)cc2cc[n+]1C. The zero-order valence-electron chi connectivity index (χ0n) is 24.2. The Labute approximate surface area is 229 Å². The minimum atomic E-state index is -1.85. The maximum Gasteiger partial charge on any atom is 0.220 e. The Morgan fingerprint density at radius 1 is 0.684 bits per heavy atom. The summed E-state index contributed by atoms with van der Waals surface area (Å²) in [7, 11) is 0.317. The minimum absolute atomic E-state index is 0.115. The summed E-state index contributed by atoms with van der Waals surface area (Å²) in [4.78, 5) is 0. The smallest absolute Gasteiger partial charge is 0.200 e. The third-order valence-electron chi connectivity index (χ3n) is 9.17. The first-order chi connectivity index (χ1) is 18.0. The van der Waals surface area contributed by atoms with Crippen LogP contribution in [0.3, 0.4) is 0 Å². The molecular formula is C36H40NSi+. The van der Waals surface area contributed by atoms with Gasteiger partial charge in [-0.1, -0.05) is 105 Å². The highest BCUT2D eigenvalue weighted by Crippen LogP contribution is 2.36. The van der Waals surface area contributed by atoms with Crippen LogP contribution in [0.1, 0.15) is 36.1 Å². The van der Waals surface area contributed by atoms with Gasteiger partial charge in [0.2, 0.25) is 5.69 Å². The molecule has 0 aliphatic heterocycles. The molecule has 1 heterocycles. The summed E-state index contributed by atoms with van der Waals surface area (Å²) >= 11 is 0. The monoisotopic (exact) mass is 514 g/mol. The van der Waals surface area contributed by atoms with Crippen molar-refractivity contribution in [1.82, 2.24) is 0 Å². The summed E-state index contributed by atoms with van der Waals surface area (Å²) in [6.45, 7) is 16.5. The van der Waals surface area contributed by atoms with E-state index in [0.717, 1.165) is 0 Å². The number of rotatable bonds is 5. The molecule has 0 bridgehead atoms. The highest BCUT2D eigenvalue weighted by Gasteiger charge is 2.41. The predicted octanol–water partition coefficient (Wildman–Crippen LogP) is 8.36. The van der Waals surface area contributed by atoms with Gasteiger partial charge < -0.3 is 0 Å². The summed E-state index contributed by atoms with van der Waals surface area (Å²) in [6, 6.07) is 34.1. The van der Waals surface area contributed by atoms with Gasteiger partial charge in [-0.2, -0.15) is 0 Å². The molecule has 0 spiro atoms. The van der Waals surface area contributed by atoms with E-state index in [1.54, 1.807) is 0 Å². The number of hydrogen-bond acceptors (Lipinski definition) is 0. The van der Waals surface area contributed by atoms with Gasteiger partial charge in [-0.25, -0.2) is 4.57 Å². The molecule has 0 aliphatic rings. The normalized spacial score (nSPS) is 12.2. The number of aromatic nitrogens is 1. The van der Waals surface area contributed by atoms with Crippen LogP contribution in [-0.4, -0.2) is 8.07 Å². The average Bonchev–Trinajstić information content (AvgIpc) is 2.89. The molecule has 5 rings (SSSR count). The Morgan fingerprint density at radius 3 is 2.03 bits per heavy atom. The fourth-order valence-electron chi connectivity index (χ4n) is 6.03. The first kappa shape index (κ1) is 26.1. The summed E-state index contributed by atoms with van der Waals surface area (Å²) in [6.07, 6.45) is 2.22. The number of fused-ring (bicyclic) bond motifs is 1. The molecule has 0 fully saturated rings. The van der Waals surface area contributed by atoms with Crippen LogP contribution in [0, 0.1) is 20.8 Å². The third-order valence-corrected chi connectivity index (χ3v) is 14.3. The van der Waals surface area contributed by atoms with Gasteiger partial charge in [0.05, 0.1) is 13.5 Å². The van der Waals surface area contributed by atoms with Gasteiger partial charge in [0, 0.05) is 11.6 Å². The van der Waals surface area contributed by atoms with E-state index < -0.39 is 8.07 Å². The topological polar surface area (TPSA) is 3.88 Å². The number of benzene rings is 4. The highest BCUT2D eigenvalue weighted by atomic mass is 28.3. The Bertz CT molecular complexity index is 1620. The molecule has 0 saturated heterocycles. The summed E-state index contributed by atoms with van der Waals surface area (Å²) in [5.41, 5.74) is 10.6. The molecule has 0 amide bonds. The van der Waals surface area contributed by atoms with E-state index in [1.165, 1.54) is 60.6 Å². The van der Waals surface area contributed by atoms with E-state index in [2.05, 4.69) is 157 Å². The lowest BCUT2D eigenvalue weighted by molar-refractivity contribution is -0.659. The summed E-state index contributed by atoms with van der Waals surface area (Å²) in [5, 5.41) is 4.24. The minimum Gasteiger partial charge on any atom is -0.200 e. The van der Waals surface area contributed by atoms with Crippen molar-refractivity contribution in [3.63, 3.8) is 0 Å². The van der Waals surface area contributed by atoms with Gasteiger partial charge in [-0.3, -0.25) is 0 Å². The lowest BCUT2D eigenvalue weighted by atomic mass is 9.92. The van der Waals surface area contributed by atoms with Crippen LogP contribution in [0.15, 0.2) is 97.2 Å². The van der Waals surface area contributed by atoms with Gasteiger partial charge in [-0.05, 0) is 76.7 Å². The zero-order chi connectivity index (χ0) is 27.2. The second-order valence-electron chi connectivity index (χ2n) is 12.0. The molecule has 38 heavy (non-hydrogen) atoms. The molecular weight excluding hydrogens is 474 g/mol. The first-order valence-corrected chi connectivity index (χ1v) is 16.7. The van der Waals surface area contributed by atoms with Crippen LogP contribution >= 0.6 is 0 Å². The van der Waals surface area contributed by atoms with Crippen molar-refractivity contribution < 1.29 is 4.57 Å². The number of hydrogen-bond donors (Lipinski definition) is 0. The predicted molar refractivity (Wildman–Crippen MR) is 167 cm³/mol. The molecule has 0 atom stereocenters. The van der Waals surface area contributed by atoms with E-state index in [0.29, 0.717) is 0 Å². The molecule has 0 N–H and O–H groups in total. The van der Waals surface area contributed by atoms with Crippen LogP contribution < -0.4 is 9.75 Å². The molecule has 1 aromatic heterocycles. The maximum absolute atomic E-state index is 2.52. The molecule has 0 unspecified atom stereocenters. The largest absolute Gasteiger partial charge is 0.220 e. The molecule has 2 heteroatoms. The van der Waals surface area contributed by atoms with E-state index in [1.807, 2.05) is 0 Å². The molecule has 0 saturated carbocycles. The second-order valence-corrected chi connectivity index (χ2v) is 17.1. The van der Waals surface area contributed by atoms with Crippen molar-refractivity contribution in [2.45, 2.75) is 52.8 Å². The lowest BCUT2D eigenvalue weighted by Crippen LogP contribution is -2.57. The van der Waals surface area contributed by atoms with Gasteiger partial charge in [0.25, 0.3) is 0 Å². The number of aryl methyl sites for hydroxylation is 4. The molecule has 5 aromatic rings. The van der Waals surface area contributed by atoms with Crippen molar-refractivity contribution in [2.75, 3.05) is 0 Å². The van der Waals surface area contributed by atoms with Gasteiger partial charge in [0.15, 0.2) is 6.20 Å². The third kappa shape index (κ3) is 4.31. The van der Waals surface area contributed by atoms with Gasteiger partial charge >= 0.3 is 0 Å². The molecule has 1 nitrogen and oxygen atoms in total. The number of pyridine rings is 1. The van der Waals surface area contributed by atoms with Crippen molar-refractivity contribution >= 4 is 24.0 Å². The quantitative estimate of drug-likeness (QED) is 0.164. The first-order valence-electron chi connectivity index (χ1n) is 13.7. The van der Waals surface area contributed by atoms with Crippen molar-refractivity contribution in [2.24, 2.45) is 7.05 Å². The Kier molecular flexibility index (Phi) is 6.65. The van der Waals surface area contributed by atoms with E-state index in [9.17, 15) is 0 Å². The average molecular weight is 515 g/mol.